The normalized spacial score (nSPS) is 21.1. The SMILES string of the molecule is Cc1cc(C=C=Nc2ccccc2N(C)Cc2cc(C(C)(C)C)cc(-n3c4ccc(C(C)(C)C)cc4c4cc(C(C)(C)C)ccc43)c2O)c(O)c(C23CC4CC(CC(C4)C2)C3)c1. The molecule has 0 amide bonds. The van der Waals surface area contributed by atoms with Crippen LogP contribution in [0.1, 0.15) is 140 Å². The van der Waals surface area contributed by atoms with E-state index >= 15 is 0 Å². The number of aryl methyl sites for hydroxylation is 1. The summed E-state index contributed by atoms with van der Waals surface area (Å²) in [7, 11) is 2.06. The summed E-state index contributed by atoms with van der Waals surface area (Å²) >= 11 is 0. The number of nitrogens with zero attached hydrogens (tertiary/aromatic N) is 3. The quantitative estimate of drug-likeness (QED) is 0.158. The monoisotopic (exact) mass is 826 g/mol. The largest absolute Gasteiger partial charge is 0.507 e. The number of phenolic OH excluding ortho intramolecular Hbond substituents is 2. The summed E-state index contributed by atoms with van der Waals surface area (Å²) in [6.45, 7) is 22.9. The number of aliphatic imine (C=N–C) groups is 1. The lowest BCUT2D eigenvalue weighted by molar-refractivity contribution is -0.00617. The lowest BCUT2D eigenvalue weighted by Gasteiger charge is -2.57. The fourth-order valence-electron chi connectivity index (χ4n) is 11.8. The number of benzene rings is 5. The van der Waals surface area contributed by atoms with Crippen LogP contribution < -0.4 is 4.90 Å². The molecule has 5 aromatic carbocycles. The number of anilines is 1. The summed E-state index contributed by atoms with van der Waals surface area (Å²) in [5, 5.41) is 26.7. The second-order valence-corrected chi connectivity index (χ2v) is 22.7. The van der Waals surface area contributed by atoms with Crippen molar-refractivity contribution in [3.05, 3.63) is 124 Å². The van der Waals surface area contributed by atoms with Crippen molar-refractivity contribution in [3.8, 4) is 17.2 Å². The van der Waals surface area contributed by atoms with Crippen molar-refractivity contribution in [1.29, 1.82) is 0 Å². The van der Waals surface area contributed by atoms with E-state index in [2.05, 4.69) is 158 Å². The van der Waals surface area contributed by atoms with E-state index in [9.17, 15) is 10.2 Å². The van der Waals surface area contributed by atoms with Gasteiger partial charge in [0, 0.05) is 47.1 Å². The van der Waals surface area contributed by atoms with Gasteiger partial charge < -0.3 is 19.7 Å². The molecule has 6 aromatic rings. The molecule has 0 radical (unpaired) electrons. The highest BCUT2D eigenvalue weighted by molar-refractivity contribution is 6.10. The summed E-state index contributed by atoms with van der Waals surface area (Å²) in [6, 6.07) is 30.5. The molecule has 4 aliphatic carbocycles. The first-order valence-corrected chi connectivity index (χ1v) is 23.1. The van der Waals surface area contributed by atoms with Gasteiger partial charge in [0.1, 0.15) is 11.5 Å². The minimum Gasteiger partial charge on any atom is -0.507 e. The van der Waals surface area contributed by atoms with E-state index in [1.54, 1.807) is 0 Å². The topological polar surface area (TPSA) is 61.0 Å². The first kappa shape index (κ1) is 42.1. The van der Waals surface area contributed by atoms with Gasteiger partial charge in [0.05, 0.1) is 28.1 Å². The van der Waals surface area contributed by atoms with Crippen molar-refractivity contribution in [3.63, 3.8) is 0 Å². The molecule has 62 heavy (non-hydrogen) atoms. The molecule has 4 saturated carbocycles. The zero-order chi connectivity index (χ0) is 44.1. The van der Waals surface area contributed by atoms with Crippen LogP contribution in [0.2, 0.25) is 0 Å². The third-order valence-electron chi connectivity index (χ3n) is 14.8. The van der Waals surface area contributed by atoms with Crippen LogP contribution in [0.25, 0.3) is 33.6 Å². The second kappa shape index (κ2) is 14.9. The molecule has 10 rings (SSSR count). The van der Waals surface area contributed by atoms with Crippen molar-refractivity contribution >= 4 is 45.1 Å². The summed E-state index contributed by atoms with van der Waals surface area (Å²) in [5.41, 5.74) is 12.2. The van der Waals surface area contributed by atoms with E-state index in [4.69, 9.17) is 4.99 Å². The van der Waals surface area contributed by atoms with Crippen molar-refractivity contribution in [2.24, 2.45) is 22.7 Å². The molecule has 4 fully saturated rings. The Labute approximate surface area is 370 Å². The van der Waals surface area contributed by atoms with Gasteiger partial charge in [-0.1, -0.05) is 92.6 Å². The molecule has 0 unspecified atom stereocenters. The van der Waals surface area contributed by atoms with Crippen LogP contribution >= 0.6 is 0 Å². The third kappa shape index (κ3) is 7.55. The van der Waals surface area contributed by atoms with Crippen LogP contribution in [0.15, 0.2) is 89.9 Å². The Morgan fingerprint density at radius 1 is 0.694 bits per heavy atom. The molecule has 0 spiro atoms. The molecule has 5 nitrogen and oxygen atoms in total. The molecule has 0 atom stereocenters. The standard InChI is InChI=1S/C57H67N3O2/c1-35-22-39(52(61)46(23-35)57-31-36-24-37(32-57)26-38(25-36)33-57)20-21-58-47-14-12-13-15-50(47)59(11)34-40-27-43(56(8,9)10)30-51(53(40)62)60-48-18-16-41(54(2,3)4)28-44(48)45-29-42(55(5,6)7)17-19-49(45)60/h12-20,22-23,27-30,36-38,61-62H,24-26,31-34H2,1-11H3. The molecule has 1 heterocycles. The number of aromatic nitrogens is 1. The first-order valence-electron chi connectivity index (χ1n) is 23.1. The molecule has 4 aliphatic rings. The van der Waals surface area contributed by atoms with Crippen LogP contribution in [0.3, 0.4) is 0 Å². The van der Waals surface area contributed by atoms with E-state index in [1.165, 1.54) is 66.0 Å². The highest BCUT2D eigenvalue weighted by atomic mass is 16.3. The average Bonchev–Trinajstić information content (AvgIpc) is 3.51. The number of phenols is 2. The number of hydrogen-bond acceptors (Lipinski definition) is 4. The fraction of sp³-hybridized carbons (Fsp3) is 0.439. The molecular weight excluding hydrogens is 759 g/mol. The summed E-state index contributed by atoms with van der Waals surface area (Å²) in [4.78, 5) is 7.05. The summed E-state index contributed by atoms with van der Waals surface area (Å²) in [5.74, 6) is 6.32. The van der Waals surface area contributed by atoms with Gasteiger partial charge in [-0.05, 0) is 168 Å². The zero-order valence-electron chi connectivity index (χ0n) is 39.1. The predicted octanol–water partition coefficient (Wildman–Crippen LogP) is 14.5. The zero-order valence-corrected chi connectivity index (χ0v) is 39.1. The van der Waals surface area contributed by atoms with Gasteiger partial charge >= 0.3 is 0 Å². The molecule has 322 valence electrons. The van der Waals surface area contributed by atoms with E-state index < -0.39 is 0 Å². The maximum atomic E-state index is 12.5. The Hall–Kier alpha value is -5.25. The second-order valence-electron chi connectivity index (χ2n) is 22.7. The van der Waals surface area contributed by atoms with E-state index in [1.807, 2.05) is 24.3 Å². The van der Waals surface area contributed by atoms with Gasteiger partial charge in [-0.3, -0.25) is 0 Å². The van der Waals surface area contributed by atoms with Crippen LogP contribution in [-0.2, 0) is 28.2 Å². The lowest BCUT2D eigenvalue weighted by Crippen LogP contribution is -2.48. The number of hydrogen-bond donors (Lipinski definition) is 2. The highest BCUT2D eigenvalue weighted by Crippen LogP contribution is 2.62. The van der Waals surface area contributed by atoms with E-state index in [-0.39, 0.29) is 27.4 Å². The Kier molecular flexibility index (Phi) is 10.1. The number of aromatic hydroxyl groups is 2. The van der Waals surface area contributed by atoms with Gasteiger partial charge in [-0.15, -0.1) is 0 Å². The Morgan fingerprint density at radius 2 is 1.24 bits per heavy atom. The van der Waals surface area contributed by atoms with Gasteiger partial charge in [-0.25, -0.2) is 4.99 Å². The van der Waals surface area contributed by atoms with E-state index in [0.29, 0.717) is 12.3 Å². The Balaban J connectivity index is 1.09. The predicted molar refractivity (Wildman–Crippen MR) is 261 cm³/mol. The van der Waals surface area contributed by atoms with Crippen molar-refractivity contribution < 1.29 is 10.2 Å². The van der Waals surface area contributed by atoms with Gasteiger partial charge in [0.2, 0.25) is 0 Å². The summed E-state index contributed by atoms with van der Waals surface area (Å²) < 4.78 is 2.27. The van der Waals surface area contributed by atoms with Crippen LogP contribution in [0, 0.1) is 24.7 Å². The maximum absolute atomic E-state index is 12.5. The molecule has 2 N–H and O–H groups in total. The third-order valence-corrected chi connectivity index (χ3v) is 14.8. The smallest absolute Gasteiger partial charge is 0.144 e. The minimum atomic E-state index is -0.169. The molecule has 0 aliphatic heterocycles. The highest BCUT2D eigenvalue weighted by Gasteiger charge is 2.52. The van der Waals surface area contributed by atoms with Crippen molar-refractivity contribution in [1.82, 2.24) is 4.57 Å². The van der Waals surface area contributed by atoms with Crippen LogP contribution in [-0.4, -0.2) is 27.7 Å². The lowest BCUT2D eigenvalue weighted by atomic mass is 9.48. The number of para-hydroxylation sites is 2. The van der Waals surface area contributed by atoms with Gasteiger partial charge in [0.15, 0.2) is 0 Å². The first-order chi connectivity index (χ1) is 29.2. The molecular formula is C57H67N3O2. The van der Waals surface area contributed by atoms with Crippen molar-refractivity contribution in [2.75, 3.05) is 11.9 Å². The van der Waals surface area contributed by atoms with Gasteiger partial charge in [0.25, 0.3) is 0 Å². The van der Waals surface area contributed by atoms with Crippen LogP contribution in [0.4, 0.5) is 11.4 Å². The Bertz CT molecular complexity index is 2690. The molecule has 0 saturated heterocycles. The fourth-order valence-corrected chi connectivity index (χ4v) is 11.8. The summed E-state index contributed by atoms with van der Waals surface area (Å²) in [6.07, 6.45) is 9.60. The average molecular weight is 826 g/mol. The van der Waals surface area contributed by atoms with Gasteiger partial charge in [-0.2, -0.15) is 0 Å². The molecule has 5 heteroatoms. The van der Waals surface area contributed by atoms with Crippen molar-refractivity contribution in [2.45, 2.75) is 136 Å². The number of rotatable bonds is 7. The molecule has 4 bridgehead atoms. The maximum Gasteiger partial charge on any atom is 0.144 e. The van der Waals surface area contributed by atoms with Crippen LogP contribution in [0.5, 0.6) is 11.5 Å². The number of fused-ring (bicyclic) bond motifs is 3. The van der Waals surface area contributed by atoms with E-state index in [0.717, 1.165) is 68.1 Å². The Morgan fingerprint density at radius 3 is 1.79 bits per heavy atom. The minimum absolute atomic E-state index is 0.00789. The molecule has 1 aromatic heterocycles.